The van der Waals surface area contributed by atoms with Gasteiger partial charge in [0.15, 0.2) is 0 Å². The van der Waals surface area contributed by atoms with Crippen LogP contribution in [0.25, 0.3) is 0 Å². The number of amides is 1. The number of esters is 1. The molecule has 34 heavy (non-hydrogen) atoms. The van der Waals surface area contributed by atoms with Crippen LogP contribution in [-0.4, -0.2) is 110 Å². The van der Waals surface area contributed by atoms with Crippen molar-refractivity contribution < 1.29 is 28.5 Å². The highest BCUT2D eigenvalue weighted by Gasteiger charge is 2.23. The molecule has 0 N–H and O–H groups in total. The molecule has 0 rings (SSSR count). The average Bonchev–Trinajstić information content (AvgIpc) is 2.69. The van der Waals surface area contributed by atoms with Gasteiger partial charge < -0.3 is 23.8 Å². The van der Waals surface area contributed by atoms with E-state index in [9.17, 15) is 9.59 Å². The molecule has 9 heteroatoms. The van der Waals surface area contributed by atoms with E-state index >= 15 is 0 Å². The maximum absolute atomic E-state index is 12.3. The van der Waals surface area contributed by atoms with Gasteiger partial charge in [0.05, 0.1) is 39.0 Å². The molecule has 1 amide bonds. The molecule has 0 aliphatic carbocycles. The van der Waals surface area contributed by atoms with Crippen LogP contribution in [0.15, 0.2) is 0 Å². The van der Waals surface area contributed by atoms with Gasteiger partial charge in [0.2, 0.25) is 0 Å². The molecule has 0 aromatic carbocycles. The Balaban J connectivity index is 4.44. The van der Waals surface area contributed by atoms with Gasteiger partial charge in [-0.05, 0) is 61.6 Å². The van der Waals surface area contributed by atoms with Crippen LogP contribution in [0.2, 0.25) is 0 Å². The molecule has 202 valence electrons. The highest BCUT2D eigenvalue weighted by atomic mass is 16.6. The third kappa shape index (κ3) is 16.2. The van der Waals surface area contributed by atoms with Crippen molar-refractivity contribution in [1.82, 2.24) is 14.7 Å². The van der Waals surface area contributed by atoms with E-state index in [-0.39, 0.29) is 24.6 Å². The Morgan fingerprint density at radius 1 is 0.735 bits per heavy atom. The maximum atomic E-state index is 12.3. The van der Waals surface area contributed by atoms with E-state index in [0.717, 1.165) is 19.6 Å². The first-order valence-corrected chi connectivity index (χ1v) is 12.5. The Morgan fingerprint density at radius 2 is 1.26 bits per heavy atom. The molecule has 0 saturated heterocycles. The lowest BCUT2D eigenvalue weighted by molar-refractivity contribution is -0.156. The summed E-state index contributed by atoms with van der Waals surface area (Å²) in [6.45, 7) is 23.3. The molecule has 0 aliphatic rings. The molecule has 0 aliphatic heterocycles. The summed E-state index contributed by atoms with van der Waals surface area (Å²) in [6.07, 6.45) is 0.135. The number of carbonyl (C=O) groups excluding carboxylic acids is 2. The van der Waals surface area contributed by atoms with Crippen LogP contribution in [0, 0.1) is 0 Å². The first kappa shape index (κ1) is 32.6. The van der Waals surface area contributed by atoms with Crippen LogP contribution in [0.3, 0.4) is 0 Å². The van der Waals surface area contributed by atoms with Gasteiger partial charge >= 0.3 is 12.1 Å². The molecular weight excluding hydrogens is 438 g/mol. The molecule has 1 unspecified atom stereocenters. The second-order valence-corrected chi connectivity index (χ2v) is 10.4. The number of ether oxygens (including phenoxy) is 4. The van der Waals surface area contributed by atoms with Crippen molar-refractivity contribution in [3.05, 3.63) is 0 Å². The van der Waals surface area contributed by atoms with E-state index in [1.807, 2.05) is 41.5 Å². The maximum Gasteiger partial charge on any atom is 0.410 e. The summed E-state index contributed by atoms with van der Waals surface area (Å²) in [4.78, 5) is 30.3. The van der Waals surface area contributed by atoms with Gasteiger partial charge in [-0.3, -0.25) is 14.6 Å². The van der Waals surface area contributed by atoms with Crippen LogP contribution < -0.4 is 0 Å². The van der Waals surface area contributed by atoms with E-state index in [4.69, 9.17) is 18.9 Å². The lowest BCUT2D eigenvalue weighted by Gasteiger charge is -2.37. The molecular formula is C25H51N3O6. The van der Waals surface area contributed by atoms with Crippen molar-refractivity contribution in [3.63, 3.8) is 0 Å². The largest absolute Gasteiger partial charge is 0.460 e. The number of hydrogen-bond acceptors (Lipinski definition) is 8. The fourth-order valence-corrected chi connectivity index (χ4v) is 3.23. The first-order valence-electron chi connectivity index (χ1n) is 12.5. The lowest BCUT2D eigenvalue weighted by Crippen LogP contribution is -2.50. The van der Waals surface area contributed by atoms with E-state index in [1.165, 1.54) is 0 Å². The molecule has 0 spiro atoms. The normalized spacial score (nSPS) is 13.3. The van der Waals surface area contributed by atoms with Crippen molar-refractivity contribution in [2.45, 2.75) is 86.1 Å². The number of carbonyl (C=O) groups is 2. The molecule has 0 fully saturated rings. The van der Waals surface area contributed by atoms with Gasteiger partial charge in [-0.1, -0.05) is 13.8 Å². The summed E-state index contributed by atoms with van der Waals surface area (Å²) in [7, 11) is 1.76. The van der Waals surface area contributed by atoms with Crippen LogP contribution >= 0.6 is 0 Å². The number of hydrogen-bond donors (Lipinski definition) is 0. The minimum atomic E-state index is -0.512. The van der Waals surface area contributed by atoms with Gasteiger partial charge in [0.25, 0.3) is 0 Å². The zero-order valence-electron chi connectivity index (χ0n) is 23.4. The number of rotatable bonds is 16. The molecule has 9 nitrogen and oxygen atoms in total. The van der Waals surface area contributed by atoms with Crippen LogP contribution in [0.4, 0.5) is 4.79 Å². The Labute approximate surface area is 208 Å². The summed E-state index contributed by atoms with van der Waals surface area (Å²) >= 11 is 0. The fraction of sp³-hybridized carbons (Fsp3) is 0.920. The molecule has 0 saturated carbocycles. The average molecular weight is 490 g/mol. The molecule has 0 aromatic heterocycles. The van der Waals surface area contributed by atoms with Crippen molar-refractivity contribution >= 4 is 12.1 Å². The van der Waals surface area contributed by atoms with Crippen molar-refractivity contribution in [3.8, 4) is 0 Å². The van der Waals surface area contributed by atoms with Gasteiger partial charge in [-0.2, -0.15) is 0 Å². The molecule has 0 aromatic rings. The highest BCUT2D eigenvalue weighted by Crippen LogP contribution is 2.11. The fourth-order valence-electron chi connectivity index (χ4n) is 3.23. The lowest BCUT2D eigenvalue weighted by atomic mass is 10.2. The van der Waals surface area contributed by atoms with E-state index in [0.29, 0.717) is 39.5 Å². The van der Waals surface area contributed by atoms with E-state index in [2.05, 4.69) is 30.6 Å². The summed E-state index contributed by atoms with van der Waals surface area (Å²) in [6, 6.07) is 0. The van der Waals surface area contributed by atoms with Crippen molar-refractivity contribution in [2.75, 3.05) is 66.2 Å². The smallest absolute Gasteiger partial charge is 0.410 e. The summed E-state index contributed by atoms with van der Waals surface area (Å²) in [5.74, 6) is -0.259. The second-order valence-electron chi connectivity index (χ2n) is 10.4. The second kappa shape index (κ2) is 16.3. The standard InChI is InChI=1S/C25H51N3O6/c1-11-27(12-2)21(3)28(15-14-26(10)23(30)34-25(7,8)9)16-18-32-20-19-31-17-13-22(29)33-24(4,5)6/h21H,11-20H2,1-10H3. The Morgan fingerprint density at radius 3 is 1.76 bits per heavy atom. The molecule has 0 bridgehead atoms. The topological polar surface area (TPSA) is 80.8 Å². The van der Waals surface area contributed by atoms with E-state index in [1.54, 1.807) is 11.9 Å². The number of nitrogens with zero attached hydrogens (tertiary/aromatic N) is 3. The third-order valence-electron chi connectivity index (χ3n) is 5.06. The van der Waals surface area contributed by atoms with E-state index < -0.39 is 11.2 Å². The zero-order valence-corrected chi connectivity index (χ0v) is 23.4. The molecule has 1 atom stereocenters. The highest BCUT2D eigenvalue weighted by molar-refractivity contribution is 5.69. The van der Waals surface area contributed by atoms with Crippen molar-refractivity contribution in [1.29, 1.82) is 0 Å². The van der Waals surface area contributed by atoms with Gasteiger partial charge in [-0.25, -0.2) is 4.79 Å². The zero-order chi connectivity index (χ0) is 26.4. The van der Waals surface area contributed by atoms with Crippen LogP contribution in [0.5, 0.6) is 0 Å². The summed E-state index contributed by atoms with van der Waals surface area (Å²) in [5.41, 5.74) is -0.988. The Kier molecular flexibility index (Phi) is 15.6. The predicted molar refractivity (Wildman–Crippen MR) is 135 cm³/mol. The van der Waals surface area contributed by atoms with Gasteiger partial charge in [-0.15, -0.1) is 0 Å². The number of likely N-dealkylation sites (N-methyl/N-ethyl adjacent to an activating group) is 1. The Hall–Kier alpha value is -1.42. The van der Waals surface area contributed by atoms with Gasteiger partial charge in [0, 0.05) is 26.7 Å². The van der Waals surface area contributed by atoms with Crippen LogP contribution in [0.1, 0.15) is 68.7 Å². The van der Waals surface area contributed by atoms with Crippen LogP contribution in [-0.2, 0) is 23.7 Å². The van der Waals surface area contributed by atoms with Crippen molar-refractivity contribution in [2.24, 2.45) is 0 Å². The summed E-state index contributed by atoms with van der Waals surface area (Å²) < 4.78 is 22.0. The minimum absolute atomic E-state index is 0.218. The third-order valence-corrected chi connectivity index (χ3v) is 5.06. The first-order chi connectivity index (χ1) is 15.7. The quantitative estimate of drug-likeness (QED) is 0.185. The molecule has 0 radical (unpaired) electrons. The Bertz CT molecular complexity index is 570. The predicted octanol–water partition coefficient (Wildman–Crippen LogP) is 3.61. The SMILES string of the molecule is CCN(CC)C(C)N(CCOCCOCCC(=O)OC(C)(C)C)CCN(C)C(=O)OC(C)(C)C. The van der Waals surface area contributed by atoms with Gasteiger partial charge in [0.1, 0.15) is 11.2 Å². The monoisotopic (exact) mass is 489 g/mol. The summed E-state index contributed by atoms with van der Waals surface area (Å²) in [5, 5.41) is 0. The molecule has 0 heterocycles. The minimum Gasteiger partial charge on any atom is -0.460 e.